The van der Waals surface area contributed by atoms with E-state index in [4.69, 9.17) is 0 Å². The Morgan fingerprint density at radius 2 is 2.11 bits per heavy atom. The second-order valence-corrected chi connectivity index (χ2v) is 7.73. The first-order valence-electron chi connectivity index (χ1n) is 9.97. The SMILES string of the molecule is CCCC1CCc2c(c3cccc(C(=O)O)c3n2Cc2cccc(C#N)c2)C1. The topological polar surface area (TPSA) is 66.0 Å². The number of nitrogens with zero attached hydrogens (tertiary/aromatic N) is 2. The van der Waals surface area contributed by atoms with E-state index in [2.05, 4.69) is 23.6 Å². The molecule has 4 heteroatoms. The molecule has 1 aliphatic carbocycles. The van der Waals surface area contributed by atoms with Crippen LogP contribution in [0.25, 0.3) is 10.9 Å². The lowest BCUT2D eigenvalue weighted by Gasteiger charge is -2.24. The number of nitriles is 1. The van der Waals surface area contributed by atoms with Crippen molar-refractivity contribution in [3.8, 4) is 6.07 Å². The molecule has 0 amide bonds. The molecule has 142 valence electrons. The van der Waals surface area contributed by atoms with Crippen molar-refractivity contribution in [3.05, 3.63) is 70.4 Å². The van der Waals surface area contributed by atoms with Gasteiger partial charge in [-0.1, -0.05) is 44.0 Å². The summed E-state index contributed by atoms with van der Waals surface area (Å²) >= 11 is 0. The Bertz CT molecular complexity index is 1090. The lowest BCUT2D eigenvalue weighted by Crippen LogP contribution is -2.16. The Hall–Kier alpha value is -3.06. The maximum atomic E-state index is 11.9. The average molecular weight is 372 g/mol. The average Bonchev–Trinajstić information content (AvgIpc) is 3.01. The van der Waals surface area contributed by atoms with Crippen LogP contribution in [-0.4, -0.2) is 15.6 Å². The number of carboxylic acid groups (broad SMARTS) is 1. The van der Waals surface area contributed by atoms with Crippen LogP contribution in [0.2, 0.25) is 0 Å². The van der Waals surface area contributed by atoms with Crippen molar-refractivity contribution >= 4 is 16.9 Å². The number of aromatic carboxylic acids is 1. The summed E-state index contributed by atoms with van der Waals surface area (Å²) in [4.78, 5) is 11.9. The third kappa shape index (κ3) is 3.18. The van der Waals surface area contributed by atoms with E-state index in [1.54, 1.807) is 12.1 Å². The van der Waals surface area contributed by atoms with Gasteiger partial charge < -0.3 is 9.67 Å². The Kier molecular flexibility index (Phi) is 4.92. The van der Waals surface area contributed by atoms with Gasteiger partial charge in [-0.3, -0.25) is 0 Å². The molecule has 1 heterocycles. The number of benzene rings is 2. The number of carboxylic acids is 1. The van der Waals surface area contributed by atoms with Gasteiger partial charge in [-0.2, -0.15) is 5.26 Å². The minimum atomic E-state index is -0.891. The van der Waals surface area contributed by atoms with Gasteiger partial charge in [0, 0.05) is 17.6 Å². The maximum absolute atomic E-state index is 11.9. The molecule has 0 bridgehead atoms. The summed E-state index contributed by atoms with van der Waals surface area (Å²) in [6.07, 6.45) is 5.55. The Labute approximate surface area is 165 Å². The van der Waals surface area contributed by atoms with Gasteiger partial charge in [-0.15, -0.1) is 0 Å². The molecule has 0 saturated heterocycles. The number of aromatic nitrogens is 1. The largest absolute Gasteiger partial charge is 0.478 e. The number of para-hydroxylation sites is 1. The number of hydrogen-bond acceptors (Lipinski definition) is 2. The zero-order valence-electron chi connectivity index (χ0n) is 16.1. The van der Waals surface area contributed by atoms with Gasteiger partial charge in [-0.05, 0) is 54.5 Å². The van der Waals surface area contributed by atoms with Crippen LogP contribution in [0, 0.1) is 17.2 Å². The quantitative estimate of drug-likeness (QED) is 0.672. The number of fused-ring (bicyclic) bond motifs is 3. The van der Waals surface area contributed by atoms with Gasteiger partial charge in [0.15, 0.2) is 0 Å². The van der Waals surface area contributed by atoms with Crippen molar-refractivity contribution < 1.29 is 9.90 Å². The van der Waals surface area contributed by atoms with Crippen LogP contribution in [0.15, 0.2) is 42.5 Å². The van der Waals surface area contributed by atoms with Gasteiger partial charge >= 0.3 is 5.97 Å². The van der Waals surface area contributed by atoms with Crippen LogP contribution < -0.4 is 0 Å². The highest BCUT2D eigenvalue weighted by Crippen LogP contribution is 2.37. The summed E-state index contributed by atoms with van der Waals surface area (Å²) in [5.74, 6) is -0.218. The number of rotatable bonds is 5. The lowest BCUT2D eigenvalue weighted by molar-refractivity contribution is 0.0698. The van der Waals surface area contributed by atoms with Gasteiger partial charge in [0.1, 0.15) is 0 Å². The lowest BCUT2D eigenvalue weighted by atomic mass is 9.84. The van der Waals surface area contributed by atoms with Crippen molar-refractivity contribution in [2.45, 2.75) is 45.6 Å². The van der Waals surface area contributed by atoms with E-state index < -0.39 is 5.97 Å². The molecule has 1 atom stereocenters. The monoisotopic (exact) mass is 372 g/mol. The third-order valence-corrected chi connectivity index (χ3v) is 5.91. The number of carbonyl (C=O) groups is 1. The molecule has 3 aromatic rings. The maximum Gasteiger partial charge on any atom is 0.337 e. The van der Waals surface area contributed by atoms with Crippen LogP contribution in [-0.2, 0) is 19.4 Å². The molecule has 28 heavy (non-hydrogen) atoms. The van der Waals surface area contributed by atoms with Crippen LogP contribution in [0.3, 0.4) is 0 Å². The van der Waals surface area contributed by atoms with Gasteiger partial charge in [0.05, 0.1) is 22.7 Å². The second kappa shape index (κ2) is 7.52. The highest BCUT2D eigenvalue weighted by atomic mass is 16.4. The van der Waals surface area contributed by atoms with Crippen molar-refractivity contribution in [1.82, 2.24) is 4.57 Å². The van der Waals surface area contributed by atoms with Crippen LogP contribution in [0.4, 0.5) is 0 Å². The normalized spacial score (nSPS) is 15.9. The minimum absolute atomic E-state index is 0.357. The fourth-order valence-corrected chi connectivity index (χ4v) is 4.70. The summed E-state index contributed by atoms with van der Waals surface area (Å²) < 4.78 is 2.19. The predicted molar refractivity (Wildman–Crippen MR) is 110 cm³/mol. The first-order valence-corrected chi connectivity index (χ1v) is 9.97. The van der Waals surface area contributed by atoms with E-state index in [1.807, 2.05) is 24.3 Å². The zero-order valence-corrected chi connectivity index (χ0v) is 16.1. The molecule has 0 aliphatic heterocycles. The summed E-state index contributed by atoms with van der Waals surface area (Å²) in [7, 11) is 0. The van der Waals surface area contributed by atoms with Crippen molar-refractivity contribution in [1.29, 1.82) is 5.26 Å². The summed E-state index contributed by atoms with van der Waals surface area (Å²) in [5, 5.41) is 20.1. The molecule has 2 aromatic carbocycles. The van der Waals surface area contributed by atoms with Crippen LogP contribution in [0.5, 0.6) is 0 Å². The molecule has 1 N–H and O–H groups in total. The first-order chi connectivity index (χ1) is 13.6. The minimum Gasteiger partial charge on any atom is -0.478 e. The molecule has 0 fully saturated rings. The number of hydrogen-bond donors (Lipinski definition) is 1. The van der Waals surface area contributed by atoms with Crippen molar-refractivity contribution in [2.24, 2.45) is 5.92 Å². The van der Waals surface area contributed by atoms with E-state index in [9.17, 15) is 15.2 Å². The van der Waals surface area contributed by atoms with Crippen molar-refractivity contribution in [3.63, 3.8) is 0 Å². The summed E-state index contributed by atoms with van der Waals surface area (Å²) in [5.41, 5.74) is 5.41. The Morgan fingerprint density at radius 3 is 2.86 bits per heavy atom. The Morgan fingerprint density at radius 1 is 1.29 bits per heavy atom. The van der Waals surface area contributed by atoms with Crippen molar-refractivity contribution in [2.75, 3.05) is 0 Å². The van der Waals surface area contributed by atoms with Gasteiger partial charge in [-0.25, -0.2) is 4.79 Å². The smallest absolute Gasteiger partial charge is 0.337 e. The fraction of sp³-hybridized carbons (Fsp3) is 0.333. The standard InChI is InChI=1S/C24H24N2O2/c1-2-5-16-10-11-22-21(13-16)19-8-4-9-20(24(27)28)23(19)26(22)15-18-7-3-6-17(12-18)14-25/h3-4,6-9,12,16H,2,5,10-11,13,15H2,1H3,(H,27,28). The van der Waals surface area contributed by atoms with E-state index in [1.165, 1.54) is 24.1 Å². The highest BCUT2D eigenvalue weighted by molar-refractivity contribution is 6.04. The molecule has 1 aliphatic rings. The van der Waals surface area contributed by atoms with Crippen LogP contribution >= 0.6 is 0 Å². The molecule has 0 spiro atoms. The Balaban J connectivity index is 1.89. The van der Waals surface area contributed by atoms with Gasteiger partial charge in [0.2, 0.25) is 0 Å². The van der Waals surface area contributed by atoms with E-state index in [0.717, 1.165) is 35.7 Å². The highest BCUT2D eigenvalue weighted by Gasteiger charge is 2.27. The van der Waals surface area contributed by atoms with Crippen LogP contribution in [0.1, 0.15) is 58.9 Å². The summed E-state index contributed by atoms with van der Waals surface area (Å²) in [6, 6.07) is 15.4. The molecule has 1 unspecified atom stereocenters. The van der Waals surface area contributed by atoms with E-state index >= 15 is 0 Å². The van der Waals surface area contributed by atoms with E-state index in [-0.39, 0.29) is 0 Å². The molecular weight excluding hydrogens is 348 g/mol. The van der Waals surface area contributed by atoms with Gasteiger partial charge in [0.25, 0.3) is 0 Å². The molecular formula is C24H24N2O2. The third-order valence-electron chi connectivity index (χ3n) is 5.91. The van der Waals surface area contributed by atoms with E-state index in [0.29, 0.717) is 23.6 Å². The second-order valence-electron chi connectivity index (χ2n) is 7.73. The molecule has 4 rings (SSSR count). The zero-order chi connectivity index (χ0) is 19.7. The first kappa shape index (κ1) is 18.3. The predicted octanol–water partition coefficient (Wildman–Crippen LogP) is 5.16. The molecule has 4 nitrogen and oxygen atoms in total. The molecule has 0 saturated carbocycles. The molecule has 1 aromatic heterocycles. The fourth-order valence-electron chi connectivity index (χ4n) is 4.70. The summed E-state index contributed by atoms with van der Waals surface area (Å²) in [6.45, 7) is 2.81. The molecule has 0 radical (unpaired) electrons.